The predicted octanol–water partition coefficient (Wildman–Crippen LogP) is 4.51. The summed E-state index contributed by atoms with van der Waals surface area (Å²) < 4.78 is 14.1. The lowest BCUT2D eigenvalue weighted by molar-refractivity contribution is -0.120. The maximum Gasteiger partial charge on any atom is 0.283 e. The number of para-hydroxylation sites is 2. The monoisotopic (exact) mass is 435 g/mol. The van der Waals surface area contributed by atoms with Crippen LogP contribution in [-0.2, 0) is 9.59 Å². The molecule has 1 heterocycles. The maximum absolute atomic E-state index is 14.1. The Hall–Kier alpha value is -3.97. The molecule has 8 heteroatoms. The fourth-order valence-electron chi connectivity index (χ4n) is 3.04. The van der Waals surface area contributed by atoms with Crippen molar-refractivity contribution in [1.29, 1.82) is 0 Å². The molecule has 0 aliphatic carbocycles. The first kappa shape index (κ1) is 20.3. The quantitative estimate of drug-likeness (QED) is 0.578. The van der Waals surface area contributed by atoms with Gasteiger partial charge < -0.3 is 10.6 Å². The van der Waals surface area contributed by atoms with Crippen LogP contribution >= 0.6 is 11.6 Å². The van der Waals surface area contributed by atoms with E-state index in [0.717, 1.165) is 6.07 Å². The molecular formula is C23H15ClFN3O3. The predicted molar refractivity (Wildman–Crippen MR) is 116 cm³/mol. The first-order valence-electron chi connectivity index (χ1n) is 9.22. The van der Waals surface area contributed by atoms with Gasteiger partial charge in [-0.05, 0) is 48.5 Å². The van der Waals surface area contributed by atoms with Gasteiger partial charge in [-0.15, -0.1) is 0 Å². The molecule has 0 spiro atoms. The fourth-order valence-corrected chi connectivity index (χ4v) is 3.25. The van der Waals surface area contributed by atoms with Crippen molar-refractivity contribution >= 4 is 46.4 Å². The standard InChI is InChI=1S/C23H15ClFN3O3/c24-19-20(23(31)28(22(19)30)18-9-5-4-8-17(18)25)26-16-12-10-14(11-13-16)21(29)27-15-6-2-1-3-7-15/h1-13,26H,(H,27,29). The van der Waals surface area contributed by atoms with Gasteiger partial charge in [0.15, 0.2) is 0 Å². The average molecular weight is 436 g/mol. The minimum atomic E-state index is -0.821. The molecule has 0 fully saturated rings. The van der Waals surface area contributed by atoms with Gasteiger partial charge in [-0.2, -0.15) is 0 Å². The molecule has 0 bridgehead atoms. The Balaban J connectivity index is 1.50. The van der Waals surface area contributed by atoms with E-state index < -0.39 is 17.6 Å². The van der Waals surface area contributed by atoms with E-state index >= 15 is 0 Å². The van der Waals surface area contributed by atoms with Gasteiger partial charge in [0.1, 0.15) is 16.5 Å². The second-order valence-electron chi connectivity index (χ2n) is 6.61. The minimum Gasteiger partial charge on any atom is -0.350 e. The van der Waals surface area contributed by atoms with Crippen LogP contribution in [0.4, 0.5) is 21.5 Å². The second kappa shape index (κ2) is 8.41. The lowest BCUT2D eigenvalue weighted by Gasteiger charge is -2.15. The Morgan fingerprint density at radius 2 is 1.45 bits per heavy atom. The summed E-state index contributed by atoms with van der Waals surface area (Å²) in [6.07, 6.45) is 0. The van der Waals surface area contributed by atoms with Crippen molar-refractivity contribution in [1.82, 2.24) is 0 Å². The number of nitrogens with one attached hydrogen (secondary N) is 2. The van der Waals surface area contributed by atoms with E-state index in [4.69, 9.17) is 11.6 Å². The number of carbonyl (C=O) groups is 3. The number of hydrogen-bond acceptors (Lipinski definition) is 4. The van der Waals surface area contributed by atoms with Crippen LogP contribution in [0.3, 0.4) is 0 Å². The maximum atomic E-state index is 14.1. The number of nitrogens with zero attached hydrogens (tertiary/aromatic N) is 1. The van der Waals surface area contributed by atoms with E-state index in [9.17, 15) is 18.8 Å². The van der Waals surface area contributed by atoms with Gasteiger partial charge in [0, 0.05) is 16.9 Å². The molecule has 4 rings (SSSR count). The molecule has 1 aliphatic rings. The number of halogens is 2. The third kappa shape index (κ3) is 4.04. The van der Waals surface area contributed by atoms with Gasteiger partial charge in [0.25, 0.3) is 17.7 Å². The minimum absolute atomic E-state index is 0.170. The molecule has 0 aromatic heterocycles. The Morgan fingerprint density at radius 1 is 0.806 bits per heavy atom. The number of rotatable bonds is 5. The molecule has 6 nitrogen and oxygen atoms in total. The van der Waals surface area contributed by atoms with Crippen molar-refractivity contribution in [3.8, 4) is 0 Å². The van der Waals surface area contributed by atoms with E-state index in [1.807, 2.05) is 18.2 Å². The molecular weight excluding hydrogens is 421 g/mol. The van der Waals surface area contributed by atoms with E-state index in [-0.39, 0.29) is 22.3 Å². The number of hydrogen-bond donors (Lipinski definition) is 2. The molecule has 3 aromatic rings. The Labute approximate surface area is 181 Å². The zero-order chi connectivity index (χ0) is 22.0. The number of anilines is 3. The number of imide groups is 1. The lowest BCUT2D eigenvalue weighted by atomic mass is 10.2. The summed E-state index contributed by atoms with van der Waals surface area (Å²) in [7, 11) is 0. The molecule has 31 heavy (non-hydrogen) atoms. The zero-order valence-corrected chi connectivity index (χ0v) is 16.7. The van der Waals surface area contributed by atoms with Gasteiger partial charge in [-0.1, -0.05) is 41.9 Å². The lowest BCUT2D eigenvalue weighted by Crippen LogP contribution is -2.33. The summed E-state index contributed by atoms with van der Waals surface area (Å²) in [5.41, 5.74) is 1.14. The number of amides is 3. The van der Waals surface area contributed by atoms with Gasteiger partial charge in [-0.25, -0.2) is 9.29 Å². The van der Waals surface area contributed by atoms with Gasteiger partial charge in [0.05, 0.1) is 5.69 Å². The Morgan fingerprint density at radius 3 is 2.13 bits per heavy atom. The summed E-state index contributed by atoms with van der Waals surface area (Å²) in [5, 5.41) is 5.21. The molecule has 0 unspecified atom stereocenters. The molecule has 0 atom stereocenters. The molecule has 154 valence electrons. The van der Waals surface area contributed by atoms with Crippen molar-refractivity contribution in [3.63, 3.8) is 0 Å². The first-order valence-corrected chi connectivity index (χ1v) is 9.60. The van der Waals surface area contributed by atoms with Crippen LogP contribution < -0.4 is 15.5 Å². The van der Waals surface area contributed by atoms with Crippen molar-refractivity contribution in [3.05, 3.63) is 101 Å². The third-order valence-corrected chi connectivity index (χ3v) is 4.92. The number of benzene rings is 3. The normalized spacial score (nSPS) is 13.5. The van der Waals surface area contributed by atoms with Crippen molar-refractivity contribution in [2.24, 2.45) is 0 Å². The van der Waals surface area contributed by atoms with Crippen LogP contribution in [0.15, 0.2) is 89.6 Å². The smallest absolute Gasteiger partial charge is 0.283 e. The van der Waals surface area contributed by atoms with Crippen molar-refractivity contribution < 1.29 is 18.8 Å². The molecule has 0 radical (unpaired) electrons. The summed E-state index contributed by atoms with van der Waals surface area (Å²) in [6, 6.07) is 20.7. The van der Waals surface area contributed by atoms with Gasteiger partial charge in [-0.3, -0.25) is 14.4 Å². The molecule has 2 N–H and O–H groups in total. The van der Waals surface area contributed by atoms with Crippen LogP contribution in [0.1, 0.15) is 10.4 Å². The first-order chi connectivity index (χ1) is 15.0. The van der Waals surface area contributed by atoms with Crippen molar-refractivity contribution in [2.45, 2.75) is 0 Å². The summed E-state index contributed by atoms with van der Waals surface area (Å²) in [6.45, 7) is 0. The highest BCUT2D eigenvalue weighted by Crippen LogP contribution is 2.31. The Kier molecular flexibility index (Phi) is 5.51. The van der Waals surface area contributed by atoms with Crippen LogP contribution in [0.2, 0.25) is 0 Å². The van der Waals surface area contributed by atoms with Crippen molar-refractivity contribution in [2.75, 3.05) is 15.5 Å². The van der Waals surface area contributed by atoms with Crippen LogP contribution in [-0.4, -0.2) is 17.7 Å². The summed E-state index contributed by atoms with van der Waals surface area (Å²) >= 11 is 6.06. The summed E-state index contributed by atoms with van der Waals surface area (Å²) in [4.78, 5) is 38.2. The van der Waals surface area contributed by atoms with Crippen LogP contribution in [0.25, 0.3) is 0 Å². The summed E-state index contributed by atoms with van der Waals surface area (Å²) in [5.74, 6) is -2.61. The topological polar surface area (TPSA) is 78.5 Å². The van der Waals surface area contributed by atoms with E-state index in [1.54, 1.807) is 36.4 Å². The van der Waals surface area contributed by atoms with E-state index in [0.29, 0.717) is 21.8 Å². The zero-order valence-electron chi connectivity index (χ0n) is 15.9. The third-order valence-electron chi connectivity index (χ3n) is 4.57. The van der Waals surface area contributed by atoms with Crippen LogP contribution in [0, 0.1) is 5.82 Å². The van der Waals surface area contributed by atoms with Crippen LogP contribution in [0.5, 0.6) is 0 Å². The second-order valence-corrected chi connectivity index (χ2v) is 6.99. The fraction of sp³-hybridized carbons (Fsp3) is 0. The Bertz CT molecular complexity index is 1210. The van der Waals surface area contributed by atoms with E-state index in [1.165, 1.54) is 18.2 Å². The molecule has 3 aromatic carbocycles. The van der Waals surface area contributed by atoms with E-state index in [2.05, 4.69) is 10.6 Å². The molecule has 0 saturated heterocycles. The highest BCUT2D eigenvalue weighted by Gasteiger charge is 2.40. The van der Waals surface area contributed by atoms with Gasteiger partial charge in [0.2, 0.25) is 0 Å². The molecule has 0 saturated carbocycles. The highest BCUT2D eigenvalue weighted by molar-refractivity contribution is 6.53. The SMILES string of the molecule is O=C(Nc1ccccc1)c1ccc(NC2=C(Cl)C(=O)N(c3ccccc3F)C2=O)cc1. The largest absolute Gasteiger partial charge is 0.350 e. The number of carbonyl (C=O) groups excluding carboxylic acids is 3. The van der Waals surface area contributed by atoms with Gasteiger partial charge >= 0.3 is 0 Å². The average Bonchev–Trinajstić information content (AvgIpc) is 2.98. The molecule has 1 aliphatic heterocycles. The molecule has 3 amide bonds. The highest BCUT2D eigenvalue weighted by atomic mass is 35.5.